The Balaban J connectivity index is 0.00000271. The molecular formula is C37H34N5Na2O8P. The van der Waals surface area contributed by atoms with Gasteiger partial charge in [-0.25, -0.2) is 14.8 Å². The molecule has 16 heteroatoms. The standard InChI is InChI=1S/C37H36N5O8P.2Na/c1-2-19-40-24-34(43)41-31(20-25-15-17-28(18-16-25)50-51(46,47)48)36(44)39(23-33(41)42(40)37(45)38-21-26-9-4-3-5-10-26)22-27-11-8-13-30-29-12-6-7-14-32(29)49-35(27)30;;/h2-18,31,33H,1,19-24H2,(H,38,45)(H2,46,47,48);;/q;2*+1/p-2/t31-,33-;;/m0../s1. The van der Waals surface area contributed by atoms with Gasteiger partial charge in [0.05, 0.1) is 13.1 Å². The number of phosphoric ester groups is 1. The number of phosphoric acid groups is 1. The molecule has 2 saturated heterocycles. The first-order valence-corrected chi connectivity index (χ1v) is 17.8. The Kier molecular flexibility index (Phi) is 13.3. The summed E-state index contributed by atoms with van der Waals surface area (Å²) in [6, 6.07) is 27.1. The van der Waals surface area contributed by atoms with Gasteiger partial charge in [0.25, 0.3) is 0 Å². The van der Waals surface area contributed by atoms with Crippen molar-refractivity contribution >= 4 is 47.6 Å². The van der Waals surface area contributed by atoms with Crippen molar-refractivity contribution in [2.75, 3.05) is 19.6 Å². The van der Waals surface area contributed by atoms with Crippen LogP contribution in [0.15, 0.2) is 114 Å². The van der Waals surface area contributed by atoms with Gasteiger partial charge in [-0.2, -0.15) is 0 Å². The van der Waals surface area contributed by atoms with Crippen LogP contribution in [0.4, 0.5) is 4.79 Å². The Hall–Kier alpha value is -3.46. The normalized spacial score (nSPS) is 17.6. The summed E-state index contributed by atoms with van der Waals surface area (Å²) < 4.78 is 21.9. The number of carbonyl (C=O) groups is 3. The molecule has 4 aromatic carbocycles. The average Bonchev–Trinajstić information content (AvgIpc) is 3.49. The first-order valence-electron chi connectivity index (χ1n) is 16.4. The number of benzene rings is 4. The van der Waals surface area contributed by atoms with Crippen molar-refractivity contribution in [3.63, 3.8) is 0 Å². The number of rotatable bonds is 10. The summed E-state index contributed by atoms with van der Waals surface area (Å²) in [4.78, 5) is 67.9. The number of piperazine rings is 1. The fourth-order valence-electron chi connectivity index (χ4n) is 6.87. The monoisotopic (exact) mass is 753 g/mol. The summed E-state index contributed by atoms with van der Waals surface area (Å²) >= 11 is 0. The molecule has 262 valence electrons. The van der Waals surface area contributed by atoms with Crippen LogP contribution in [0.1, 0.15) is 16.7 Å². The molecule has 4 amide bonds. The van der Waals surface area contributed by atoms with Crippen molar-refractivity contribution in [3.05, 3.63) is 126 Å². The van der Waals surface area contributed by atoms with E-state index in [4.69, 9.17) is 4.42 Å². The van der Waals surface area contributed by atoms with Crippen molar-refractivity contribution in [1.29, 1.82) is 0 Å². The maximum Gasteiger partial charge on any atom is 1.00 e. The van der Waals surface area contributed by atoms with E-state index < -0.39 is 26.1 Å². The van der Waals surface area contributed by atoms with Gasteiger partial charge in [-0.3, -0.25) is 9.59 Å². The fraction of sp³-hybridized carbons (Fsp3) is 0.216. The number of hydrazine groups is 1. The molecule has 0 bridgehead atoms. The number of carbonyl (C=O) groups excluding carboxylic acids is 3. The number of nitrogens with one attached hydrogen (secondary N) is 1. The van der Waals surface area contributed by atoms with Gasteiger partial charge in [0.2, 0.25) is 11.8 Å². The largest absolute Gasteiger partial charge is 1.00 e. The Morgan fingerprint density at radius 3 is 2.34 bits per heavy atom. The van der Waals surface area contributed by atoms with Gasteiger partial charge in [-0.1, -0.05) is 84.9 Å². The Bertz CT molecular complexity index is 2160. The van der Waals surface area contributed by atoms with Gasteiger partial charge < -0.3 is 38.4 Å². The second-order valence-corrected chi connectivity index (χ2v) is 13.5. The van der Waals surface area contributed by atoms with Crippen molar-refractivity contribution in [2.45, 2.75) is 31.7 Å². The molecule has 53 heavy (non-hydrogen) atoms. The average molecular weight is 754 g/mol. The zero-order valence-corrected chi connectivity index (χ0v) is 34.3. The number of amides is 4. The number of fused-ring (bicyclic) bond motifs is 4. The first kappa shape index (κ1) is 40.7. The third-order valence-corrected chi connectivity index (χ3v) is 9.52. The molecule has 0 unspecified atom stereocenters. The van der Waals surface area contributed by atoms with Crippen molar-refractivity contribution in [2.24, 2.45) is 0 Å². The van der Waals surface area contributed by atoms with E-state index in [1.807, 2.05) is 72.8 Å². The first-order chi connectivity index (χ1) is 24.6. The van der Waals surface area contributed by atoms with Crippen LogP contribution in [0.5, 0.6) is 5.75 Å². The number of hydrogen-bond acceptors (Lipinski definition) is 9. The Morgan fingerprint density at radius 2 is 1.62 bits per heavy atom. The zero-order chi connectivity index (χ0) is 35.7. The van der Waals surface area contributed by atoms with E-state index >= 15 is 0 Å². The molecule has 2 fully saturated rings. The minimum absolute atomic E-state index is 0. The summed E-state index contributed by atoms with van der Waals surface area (Å²) in [6.45, 7) is 4.27. The predicted octanol–water partition coefficient (Wildman–Crippen LogP) is -2.46. The van der Waals surface area contributed by atoms with Crippen LogP contribution < -0.4 is 78.7 Å². The van der Waals surface area contributed by atoms with Gasteiger partial charge in [0.15, 0.2) is 0 Å². The van der Waals surface area contributed by atoms with Gasteiger partial charge in [-0.15, -0.1) is 6.58 Å². The third-order valence-electron chi connectivity index (χ3n) is 9.08. The number of hydrogen-bond donors (Lipinski definition) is 1. The molecule has 0 aliphatic carbocycles. The van der Waals surface area contributed by atoms with Crippen LogP contribution >= 0.6 is 7.82 Å². The molecule has 5 aromatic rings. The maximum absolute atomic E-state index is 14.5. The summed E-state index contributed by atoms with van der Waals surface area (Å²) in [6.07, 6.45) is 0.770. The van der Waals surface area contributed by atoms with E-state index in [0.717, 1.165) is 21.9 Å². The van der Waals surface area contributed by atoms with Gasteiger partial charge in [0, 0.05) is 42.4 Å². The number of furan rings is 1. The molecule has 2 atom stereocenters. The van der Waals surface area contributed by atoms with E-state index in [-0.39, 0.29) is 116 Å². The van der Waals surface area contributed by atoms with Crippen LogP contribution in [0.25, 0.3) is 21.9 Å². The van der Waals surface area contributed by atoms with Crippen LogP contribution in [0, 0.1) is 0 Å². The second-order valence-electron chi connectivity index (χ2n) is 12.4. The number of nitrogens with zero attached hydrogens (tertiary/aromatic N) is 4. The summed E-state index contributed by atoms with van der Waals surface area (Å²) in [5.41, 5.74) is 3.58. The SMILES string of the molecule is C=CCN1CC(=O)N2[C@@H](Cc3ccc(OP(=O)([O-])[O-])cc3)C(=O)N(Cc3cccc4c3oc3ccccc34)C[C@@H]2N1C(=O)NCc1ccccc1.[Na+].[Na+]. The number of urea groups is 1. The Labute approximate surface area is 350 Å². The van der Waals surface area contributed by atoms with E-state index in [9.17, 15) is 28.7 Å². The molecule has 7 rings (SSSR count). The molecule has 2 aliphatic heterocycles. The van der Waals surface area contributed by atoms with Crippen LogP contribution in [0.3, 0.4) is 0 Å². The van der Waals surface area contributed by atoms with Gasteiger partial charge >= 0.3 is 65.1 Å². The quantitative estimate of drug-likeness (QED) is 0.0927. The van der Waals surface area contributed by atoms with Crippen molar-refractivity contribution in [3.8, 4) is 5.75 Å². The fourth-order valence-corrected chi connectivity index (χ4v) is 7.25. The number of para-hydroxylation sites is 2. The zero-order valence-electron chi connectivity index (χ0n) is 29.4. The van der Waals surface area contributed by atoms with Crippen molar-refractivity contribution < 1.29 is 96.8 Å². The third kappa shape index (κ3) is 8.92. The van der Waals surface area contributed by atoms with E-state index in [1.165, 1.54) is 34.2 Å². The van der Waals surface area contributed by atoms with Crippen LogP contribution in [0.2, 0.25) is 0 Å². The Morgan fingerprint density at radius 1 is 0.925 bits per heavy atom. The topological polar surface area (TPSA) is 162 Å². The molecule has 0 spiro atoms. The van der Waals surface area contributed by atoms with Gasteiger partial charge in [0.1, 0.15) is 36.9 Å². The summed E-state index contributed by atoms with van der Waals surface area (Å²) in [7, 11) is -5.27. The second kappa shape index (κ2) is 17.3. The molecular weight excluding hydrogens is 719 g/mol. The molecule has 0 radical (unpaired) electrons. The minimum Gasteiger partial charge on any atom is -0.780 e. The van der Waals surface area contributed by atoms with Crippen LogP contribution in [-0.2, 0) is 33.7 Å². The summed E-state index contributed by atoms with van der Waals surface area (Å²) in [5, 5.41) is 7.94. The van der Waals surface area contributed by atoms with E-state index in [2.05, 4.69) is 16.4 Å². The van der Waals surface area contributed by atoms with Crippen LogP contribution in [-0.4, -0.2) is 69.5 Å². The molecule has 13 nitrogen and oxygen atoms in total. The molecule has 1 N–H and O–H groups in total. The smallest absolute Gasteiger partial charge is 0.780 e. The maximum atomic E-state index is 14.5. The van der Waals surface area contributed by atoms with E-state index in [0.29, 0.717) is 16.7 Å². The summed E-state index contributed by atoms with van der Waals surface area (Å²) in [5.74, 6) is -0.848. The predicted molar refractivity (Wildman–Crippen MR) is 184 cm³/mol. The van der Waals surface area contributed by atoms with Crippen molar-refractivity contribution in [1.82, 2.24) is 25.1 Å². The van der Waals surface area contributed by atoms with Gasteiger partial charge in [-0.05, 0) is 29.3 Å². The minimum atomic E-state index is -5.27. The molecule has 2 aliphatic rings. The molecule has 1 aromatic heterocycles. The molecule has 3 heterocycles. The molecule has 0 saturated carbocycles. The van der Waals surface area contributed by atoms with E-state index in [1.54, 1.807) is 16.0 Å².